The first-order chi connectivity index (χ1) is 12.4. The Morgan fingerprint density at radius 2 is 2.12 bits per heavy atom. The molecule has 0 atom stereocenters. The minimum Gasteiger partial charge on any atom is -0.504 e. The van der Waals surface area contributed by atoms with Gasteiger partial charge in [-0.25, -0.2) is 0 Å². The maximum atomic E-state index is 12.8. The fourth-order valence-electron chi connectivity index (χ4n) is 2.71. The molecule has 0 saturated carbocycles. The molecule has 2 aromatic rings. The molecule has 0 spiro atoms. The zero-order valence-corrected chi connectivity index (χ0v) is 15.8. The van der Waals surface area contributed by atoms with Crippen LogP contribution >= 0.6 is 23.8 Å². The number of rotatable bonds is 4. The van der Waals surface area contributed by atoms with Crippen molar-refractivity contribution < 1.29 is 14.6 Å². The van der Waals surface area contributed by atoms with Gasteiger partial charge in [0.25, 0.3) is 5.91 Å². The number of hydrogen-bond donors (Lipinski definition) is 2. The number of phenols is 1. The molecule has 0 bridgehead atoms. The van der Waals surface area contributed by atoms with Crippen molar-refractivity contribution in [3.63, 3.8) is 0 Å². The summed E-state index contributed by atoms with van der Waals surface area (Å²) in [6.07, 6.45) is 1.55. The minimum absolute atomic E-state index is 0.0245. The van der Waals surface area contributed by atoms with E-state index in [4.69, 9.17) is 28.6 Å². The lowest BCUT2D eigenvalue weighted by Gasteiger charge is -2.16. The van der Waals surface area contributed by atoms with Crippen LogP contribution in [0.25, 0.3) is 6.08 Å². The highest BCUT2D eigenvalue weighted by Crippen LogP contribution is 2.33. The number of para-hydroxylation sites is 1. The molecular weight excluding hydrogens is 372 g/mol. The number of benzene rings is 2. The Hall–Kier alpha value is -2.57. The van der Waals surface area contributed by atoms with Crippen molar-refractivity contribution in [3.8, 4) is 11.5 Å². The van der Waals surface area contributed by atoms with Crippen molar-refractivity contribution in [2.45, 2.75) is 13.8 Å². The second-order valence-electron chi connectivity index (χ2n) is 5.69. The first kappa shape index (κ1) is 18.2. The highest BCUT2D eigenvalue weighted by molar-refractivity contribution is 7.80. The molecule has 1 aliphatic rings. The van der Waals surface area contributed by atoms with Gasteiger partial charge in [-0.05, 0) is 62.0 Å². The van der Waals surface area contributed by atoms with Crippen LogP contribution in [0.4, 0.5) is 5.69 Å². The first-order valence-corrected chi connectivity index (χ1v) is 8.79. The largest absolute Gasteiger partial charge is 0.504 e. The summed E-state index contributed by atoms with van der Waals surface area (Å²) in [6, 6.07) is 10.3. The average Bonchev–Trinajstić information content (AvgIpc) is 2.86. The minimum atomic E-state index is -0.304. The number of thiocarbonyl (C=S) groups is 1. The average molecular weight is 389 g/mol. The SMILES string of the molecule is CCOc1cccc(/C=C2\NC(=S)N(c3ccc(Cl)cc3C)C2=O)c1O. The highest BCUT2D eigenvalue weighted by Gasteiger charge is 2.33. The van der Waals surface area contributed by atoms with Crippen LogP contribution in [0.5, 0.6) is 11.5 Å². The predicted molar refractivity (Wildman–Crippen MR) is 107 cm³/mol. The van der Waals surface area contributed by atoms with Crippen LogP contribution in [-0.2, 0) is 4.79 Å². The maximum absolute atomic E-state index is 12.8. The summed E-state index contributed by atoms with van der Waals surface area (Å²) in [5.41, 5.74) is 2.22. The number of hydrogen-bond acceptors (Lipinski definition) is 4. The summed E-state index contributed by atoms with van der Waals surface area (Å²) in [5, 5.41) is 14.1. The summed E-state index contributed by atoms with van der Waals surface area (Å²) in [5.74, 6) is 0.0328. The molecule has 3 rings (SSSR count). The summed E-state index contributed by atoms with van der Waals surface area (Å²) < 4.78 is 5.37. The lowest BCUT2D eigenvalue weighted by molar-refractivity contribution is -0.113. The number of carbonyl (C=O) groups is 1. The van der Waals surface area contributed by atoms with E-state index in [1.54, 1.807) is 42.5 Å². The first-order valence-electron chi connectivity index (χ1n) is 8.00. The Labute approximate surface area is 161 Å². The number of halogens is 1. The highest BCUT2D eigenvalue weighted by atomic mass is 35.5. The van der Waals surface area contributed by atoms with Gasteiger partial charge < -0.3 is 15.2 Å². The van der Waals surface area contributed by atoms with Crippen LogP contribution in [0.2, 0.25) is 5.02 Å². The van der Waals surface area contributed by atoms with E-state index in [2.05, 4.69) is 5.32 Å². The van der Waals surface area contributed by atoms with Crippen molar-refractivity contribution in [2.24, 2.45) is 0 Å². The van der Waals surface area contributed by atoms with Crippen LogP contribution in [0.1, 0.15) is 18.1 Å². The molecule has 26 heavy (non-hydrogen) atoms. The van der Waals surface area contributed by atoms with Gasteiger partial charge in [-0.2, -0.15) is 0 Å². The maximum Gasteiger partial charge on any atom is 0.281 e. The van der Waals surface area contributed by atoms with Crippen LogP contribution < -0.4 is 15.0 Å². The van der Waals surface area contributed by atoms with Gasteiger partial charge in [-0.15, -0.1) is 0 Å². The molecule has 1 amide bonds. The topological polar surface area (TPSA) is 61.8 Å². The van der Waals surface area contributed by atoms with Crippen molar-refractivity contribution >= 4 is 46.6 Å². The zero-order valence-electron chi connectivity index (χ0n) is 14.2. The standard InChI is InChI=1S/C19H17ClN2O3S/c1-3-25-16-6-4-5-12(17(16)23)10-14-18(24)22(19(26)21-14)15-8-7-13(20)9-11(15)2/h4-10,23H,3H2,1-2H3,(H,21,26)/b14-10-. The lowest BCUT2D eigenvalue weighted by atomic mass is 10.1. The number of amides is 1. The number of nitrogens with zero attached hydrogens (tertiary/aromatic N) is 1. The van der Waals surface area contributed by atoms with Crippen molar-refractivity contribution in [1.82, 2.24) is 5.32 Å². The van der Waals surface area contributed by atoms with E-state index >= 15 is 0 Å². The number of anilines is 1. The monoisotopic (exact) mass is 388 g/mol. The Morgan fingerprint density at radius 3 is 2.81 bits per heavy atom. The van der Waals surface area contributed by atoms with E-state index in [0.717, 1.165) is 5.56 Å². The third-order valence-corrected chi connectivity index (χ3v) is 4.43. The van der Waals surface area contributed by atoms with E-state index in [9.17, 15) is 9.90 Å². The third-order valence-electron chi connectivity index (χ3n) is 3.91. The molecule has 2 aromatic carbocycles. The molecule has 0 aliphatic carbocycles. The smallest absolute Gasteiger partial charge is 0.281 e. The van der Waals surface area contributed by atoms with Gasteiger partial charge in [0.05, 0.1) is 12.3 Å². The second kappa shape index (κ2) is 7.35. The van der Waals surface area contributed by atoms with E-state index in [1.807, 2.05) is 13.8 Å². The molecule has 0 aromatic heterocycles. The molecule has 0 radical (unpaired) electrons. The van der Waals surface area contributed by atoms with Crippen LogP contribution in [0, 0.1) is 6.92 Å². The number of nitrogens with one attached hydrogen (secondary N) is 1. The Kier molecular flexibility index (Phi) is 5.15. The Bertz CT molecular complexity index is 927. The number of aromatic hydroxyl groups is 1. The summed E-state index contributed by atoms with van der Waals surface area (Å²) in [4.78, 5) is 14.3. The quantitative estimate of drug-likeness (QED) is 0.612. The molecule has 5 nitrogen and oxygen atoms in total. The molecule has 1 aliphatic heterocycles. The predicted octanol–water partition coefficient (Wildman–Crippen LogP) is 4.01. The van der Waals surface area contributed by atoms with E-state index in [1.165, 1.54) is 4.90 Å². The summed E-state index contributed by atoms with van der Waals surface area (Å²) >= 11 is 11.3. The van der Waals surface area contributed by atoms with E-state index in [-0.39, 0.29) is 22.5 Å². The number of carbonyl (C=O) groups excluding carboxylic acids is 1. The van der Waals surface area contributed by atoms with Gasteiger partial charge in [0.2, 0.25) is 0 Å². The molecule has 1 fully saturated rings. The number of phenolic OH excluding ortho intramolecular Hbond substituents is 1. The number of aryl methyl sites for hydroxylation is 1. The van der Waals surface area contributed by atoms with Crippen molar-refractivity contribution in [1.29, 1.82) is 0 Å². The molecule has 1 saturated heterocycles. The zero-order chi connectivity index (χ0) is 18.8. The van der Waals surface area contributed by atoms with Gasteiger partial charge >= 0.3 is 0 Å². The van der Waals surface area contributed by atoms with Gasteiger partial charge in [0, 0.05) is 10.6 Å². The Balaban J connectivity index is 1.97. The van der Waals surface area contributed by atoms with Gasteiger partial charge in [0.15, 0.2) is 16.6 Å². The molecule has 2 N–H and O–H groups in total. The fraction of sp³-hybridized carbons (Fsp3) is 0.158. The van der Waals surface area contributed by atoms with Crippen molar-refractivity contribution in [2.75, 3.05) is 11.5 Å². The van der Waals surface area contributed by atoms with Gasteiger partial charge in [-0.3, -0.25) is 9.69 Å². The second-order valence-corrected chi connectivity index (χ2v) is 6.51. The number of ether oxygens (including phenoxy) is 1. The summed E-state index contributed by atoms with van der Waals surface area (Å²) in [7, 11) is 0. The van der Waals surface area contributed by atoms with Gasteiger partial charge in [-0.1, -0.05) is 23.7 Å². The molecule has 1 heterocycles. The fourth-order valence-corrected chi connectivity index (χ4v) is 3.22. The molecule has 0 unspecified atom stereocenters. The molecule has 134 valence electrons. The summed E-state index contributed by atoms with van der Waals surface area (Å²) in [6.45, 7) is 4.12. The van der Waals surface area contributed by atoms with Crippen LogP contribution in [-0.4, -0.2) is 22.7 Å². The molecule has 7 heteroatoms. The van der Waals surface area contributed by atoms with Crippen molar-refractivity contribution in [3.05, 3.63) is 58.2 Å². The normalized spacial score (nSPS) is 15.5. The molecular formula is C19H17ClN2O3S. The van der Waals surface area contributed by atoms with Crippen LogP contribution in [0.3, 0.4) is 0 Å². The van der Waals surface area contributed by atoms with E-state index in [0.29, 0.717) is 28.6 Å². The van der Waals surface area contributed by atoms with Gasteiger partial charge in [0.1, 0.15) is 5.70 Å². The lowest BCUT2D eigenvalue weighted by Crippen LogP contribution is -2.30. The van der Waals surface area contributed by atoms with E-state index < -0.39 is 0 Å². The Morgan fingerprint density at radius 1 is 1.35 bits per heavy atom. The van der Waals surface area contributed by atoms with Crippen LogP contribution in [0.15, 0.2) is 42.1 Å². The third kappa shape index (κ3) is 3.38.